The zero-order valence-electron chi connectivity index (χ0n) is 10.7. The average molecular weight is 199 g/mol. The van der Waals surface area contributed by atoms with Crippen LogP contribution in [0, 0.1) is 11.3 Å². The summed E-state index contributed by atoms with van der Waals surface area (Å²) in [7, 11) is 0. The maximum Gasteiger partial charge on any atom is 0.217 e. The normalized spacial score (nSPS) is 13.1. The highest BCUT2D eigenvalue weighted by molar-refractivity contribution is 5.73. The van der Waals surface area contributed by atoms with E-state index in [2.05, 4.69) is 46.9 Å². The summed E-state index contributed by atoms with van der Waals surface area (Å²) in [6.45, 7) is 14.7. The predicted octanol–water partition coefficient (Wildman–Crippen LogP) is 2.97. The van der Waals surface area contributed by atoms with Crippen molar-refractivity contribution in [3.05, 3.63) is 0 Å². The first kappa shape index (κ1) is 13.5. The van der Waals surface area contributed by atoms with Gasteiger partial charge in [-0.2, -0.15) is 0 Å². The van der Waals surface area contributed by atoms with Crippen molar-refractivity contribution in [3.63, 3.8) is 0 Å². The van der Waals surface area contributed by atoms with Crippen LogP contribution in [0.1, 0.15) is 54.9 Å². The van der Waals surface area contributed by atoms with Gasteiger partial charge < -0.3 is 5.32 Å². The lowest BCUT2D eigenvalue weighted by molar-refractivity contribution is -0.120. The Bertz CT molecular complexity index is 204. The molecule has 1 N–H and O–H groups in total. The highest BCUT2D eigenvalue weighted by Crippen LogP contribution is 2.34. The van der Waals surface area contributed by atoms with E-state index >= 15 is 0 Å². The second kappa shape index (κ2) is 4.33. The third-order valence-corrected chi connectivity index (χ3v) is 2.97. The van der Waals surface area contributed by atoms with E-state index in [1.165, 1.54) is 0 Å². The van der Waals surface area contributed by atoms with E-state index in [-0.39, 0.29) is 16.9 Å². The molecule has 0 saturated heterocycles. The number of hydrogen-bond donors (Lipinski definition) is 1. The molecule has 0 radical (unpaired) electrons. The van der Waals surface area contributed by atoms with Crippen molar-refractivity contribution in [1.82, 2.24) is 5.32 Å². The van der Waals surface area contributed by atoms with Gasteiger partial charge in [0.25, 0.3) is 0 Å². The zero-order chi connectivity index (χ0) is 11.6. The van der Waals surface area contributed by atoms with Crippen LogP contribution in [0.5, 0.6) is 0 Å². The fraction of sp³-hybridized carbons (Fsp3) is 0.917. The highest BCUT2D eigenvalue weighted by atomic mass is 16.1. The zero-order valence-corrected chi connectivity index (χ0v) is 10.7. The fourth-order valence-electron chi connectivity index (χ4n) is 1.86. The Balaban J connectivity index is 4.41. The molecule has 0 aliphatic carbocycles. The van der Waals surface area contributed by atoms with Gasteiger partial charge in [-0.1, -0.05) is 27.7 Å². The molecule has 0 aromatic carbocycles. The molecule has 0 aromatic rings. The van der Waals surface area contributed by atoms with Gasteiger partial charge in [0, 0.05) is 12.5 Å². The van der Waals surface area contributed by atoms with Gasteiger partial charge in [0.1, 0.15) is 0 Å². The van der Waals surface area contributed by atoms with Gasteiger partial charge in [0.15, 0.2) is 0 Å². The van der Waals surface area contributed by atoms with Crippen molar-refractivity contribution >= 4 is 5.91 Å². The third-order valence-electron chi connectivity index (χ3n) is 2.97. The molecule has 0 bridgehead atoms. The molecule has 0 aliphatic rings. The topological polar surface area (TPSA) is 29.1 Å². The van der Waals surface area contributed by atoms with Gasteiger partial charge in [0.2, 0.25) is 5.91 Å². The summed E-state index contributed by atoms with van der Waals surface area (Å²) in [5, 5.41) is 2.99. The first-order valence-corrected chi connectivity index (χ1v) is 5.35. The van der Waals surface area contributed by atoms with Crippen LogP contribution in [0.15, 0.2) is 0 Å². The monoisotopic (exact) mass is 199 g/mol. The number of carbonyl (C=O) groups excluding carboxylic acids is 1. The lowest BCUT2D eigenvalue weighted by Gasteiger charge is -2.38. The maximum atomic E-state index is 11.0. The summed E-state index contributed by atoms with van der Waals surface area (Å²) >= 11 is 0. The molecule has 0 rings (SSSR count). The van der Waals surface area contributed by atoms with E-state index in [1.54, 1.807) is 6.92 Å². The van der Waals surface area contributed by atoms with E-state index in [0.717, 1.165) is 6.42 Å². The molecule has 0 aliphatic heterocycles. The van der Waals surface area contributed by atoms with Crippen molar-refractivity contribution in [2.45, 2.75) is 60.4 Å². The van der Waals surface area contributed by atoms with E-state index in [9.17, 15) is 4.79 Å². The molecule has 0 fully saturated rings. The van der Waals surface area contributed by atoms with Gasteiger partial charge in [-0.05, 0) is 31.6 Å². The van der Waals surface area contributed by atoms with Crippen LogP contribution in [0.2, 0.25) is 0 Å². The van der Waals surface area contributed by atoms with Gasteiger partial charge >= 0.3 is 0 Å². The average Bonchev–Trinajstić information content (AvgIpc) is 1.79. The number of nitrogens with one attached hydrogen (secondary N) is 1. The Labute approximate surface area is 88.5 Å². The molecule has 0 spiro atoms. The molecule has 2 nitrogen and oxygen atoms in total. The van der Waals surface area contributed by atoms with E-state index in [0.29, 0.717) is 5.92 Å². The molecular weight excluding hydrogens is 174 g/mol. The molecule has 0 heterocycles. The first-order valence-electron chi connectivity index (χ1n) is 5.35. The summed E-state index contributed by atoms with van der Waals surface area (Å²) in [4.78, 5) is 11.0. The standard InChI is InChI=1S/C12H25NO/c1-9(2)11(4,5)8-12(6,7)13-10(3)14/h9H,8H2,1-7H3,(H,13,14). The summed E-state index contributed by atoms with van der Waals surface area (Å²) in [5.74, 6) is 0.671. The molecule has 0 unspecified atom stereocenters. The third kappa shape index (κ3) is 4.64. The minimum Gasteiger partial charge on any atom is -0.351 e. The van der Waals surface area contributed by atoms with Crippen molar-refractivity contribution in [2.24, 2.45) is 11.3 Å². The second-order valence-corrected chi connectivity index (χ2v) is 5.89. The first-order chi connectivity index (χ1) is 6.07. The van der Waals surface area contributed by atoms with Crippen molar-refractivity contribution < 1.29 is 4.79 Å². The summed E-state index contributed by atoms with van der Waals surface area (Å²) in [5.41, 5.74) is 0.144. The SMILES string of the molecule is CC(=O)NC(C)(C)CC(C)(C)C(C)C. The van der Waals surface area contributed by atoms with Gasteiger partial charge in [0.05, 0.1) is 0 Å². The lowest BCUT2D eigenvalue weighted by atomic mass is 9.72. The van der Waals surface area contributed by atoms with E-state index in [4.69, 9.17) is 0 Å². The smallest absolute Gasteiger partial charge is 0.217 e. The van der Waals surface area contributed by atoms with Crippen LogP contribution in [-0.2, 0) is 4.79 Å². The van der Waals surface area contributed by atoms with Crippen LogP contribution in [0.25, 0.3) is 0 Å². The Hall–Kier alpha value is -0.530. The van der Waals surface area contributed by atoms with Crippen molar-refractivity contribution in [2.75, 3.05) is 0 Å². The lowest BCUT2D eigenvalue weighted by Crippen LogP contribution is -2.46. The van der Waals surface area contributed by atoms with Gasteiger partial charge in [-0.3, -0.25) is 4.79 Å². The van der Waals surface area contributed by atoms with Crippen LogP contribution < -0.4 is 5.32 Å². The molecule has 1 amide bonds. The van der Waals surface area contributed by atoms with Gasteiger partial charge in [-0.25, -0.2) is 0 Å². The summed E-state index contributed by atoms with van der Waals surface area (Å²) < 4.78 is 0. The second-order valence-electron chi connectivity index (χ2n) is 5.89. The molecule has 14 heavy (non-hydrogen) atoms. The van der Waals surface area contributed by atoms with Crippen LogP contribution in [-0.4, -0.2) is 11.4 Å². The van der Waals surface area contributed by atoms with Crippen LogP contribution >= 0.6 is 0 Å². The number of hydrogen-bond acceptors (Lipinski definition) is 1. The number of rotatable bonds is 4. The van der Waals surface area contributed by atoms with E-state index < -0.39 is 0 Å². The highest BCUT2D eigenvalue weighted by Gasteiger charge is 2.31. The predicted molar refractivity (Wildman–Crippen MR) is 61.1 cm³/mol. The van der Waals surface area contributed by atoms with Crippen molar-refractivity contribution in [1.29, 1.82) is 0 Å². The quantitative estimate of drug-likeness (QED) is 0.741. The fourth-order valence-corrected chi connectivity index (χ4v) is 1.86. The molecular formula is C12H25NO. The minimum absolute atomic E-state index is 0.0505. The van der Waals surface area contributed by atoms with Gasteiger partial charge in [-0.15, -0.1) is 0 Å². The Morgan fingerprint density at radius 1 is 1.21 bits per heavy atom. The summed E-state index contributed by atoms with van der Waals surface area (Å²) in [6, 6.07) is 0. The molecule has 2 heteroatoms. The largest absolute Gasteiger partial charge is 0.351 e. The molecule has 0 aromatic heterocycles. The number of amides is 1. The molecule has 0 saturated carbocycles. The Kier molecular flexibility index (Phi) is 4.16. The number of carbonyl (C=O) groups is 1. The van der Waals surface area contributed by atoms with Crippen molar-refractivity contribution in [3.8, 4) is 0 Å². The maximum absolute atomic E-state index is 11.0. The van der Waals surface area contributed by atoms with Crippen LogP contribution in [0.3, 0.4) is 0 Å². The molecule has 0 atom stereocenters. The summed E-state index contributed by atoms with van der Waals surface area (Å²) in [6.07, 6.45) is 0.997. The molecule has 84 valence electrons. The minimum atomic E-state index is -0.112. The Morgan fingerprint density at radius 2 is 1.64 bits per heavy atom. The van der Waals surface area contributed by atoms with E-state index in [1.807, 2.05) is 0 Å². The van der Waals surface area contributed by atoms with Crippen LogP contribution in [0.4, 0.5) is 0 Å². The Morgan fingerprint density at radius 3 is 1.93 bits per heavy atom.